The number of thiophene rings is 1. The molecular formula is C16H22ClN3S. The van der Waals surface area contributed by atoms with Gasteiger partial charge in [-0.05, 0) is 50.1 Å². The Bertz CT molecular complexity index is 632. The van der Waals surface area contributed by atoms with Gasteiger partial charge in [0.1, 0.15) is 0 Å². The van der Waals surface area contributed by atoms with Crippen LogP contribution < -0.4 is 5.73 Å². The number of fused-ring (bicyclic) bond motifs is 1. The molecule has 0 saturated heterocycles. The third kappa shape index (κ3) is 2.77. The van der Waals surface area contributed by atoms with Crippen molar-refractivity contribution < 1.29 is 0 Å². The predicted molar refractivity (Wildman–Crippen MR) is 89.3 cm³/mol. The molecule has 0 fully saturated rings. The summed E-state index contributed by atoms with van der Waals surface area (Å²) >= 11 is 8.29. The Morgan fingerprint density at radius 3 is 3.14 bits per heavy atom. The van der Waals surface area contributed by atoms with Crippen LogP contribution in [-0.2, 0) is 19.4 Å². The summed E-state index contributed by atoms with van der Waals surface area (Å²) in [6.07, 6.45) is 4.43. The normalized spacial score (nSPS) is 19.5. The van der Waals surface area contributed by atoms with Crippen molar-refractivity contribution in [3.63, 3.8) is 0 Å². The highest BCUT2D eigenvalue weighted by atomic mass is 35.5. The zero-order valence-electron chi connectivity index (χ0n) is 12.6. The number of halogens is 1. The summed E-state index contributed by atoms with van der Waals surface area (Å²) in [4.78, 5) is 1.52. The number of aryl methyl sites for hydroxylation is 3. The number of hydrogen-bond donors (Lipinski definition) is 1. The van der Waals surface area contributed by atoms with E-state index in [2.05, 4.69) is 23.5 Å². The van der Waals surface area contributed by atoms with Crippen LogP contribution in [0.4, 0.5) is 0 Å². The molecule has 5 heteroatoms. The molecule has 21 heavy (non-hydrogen) atoms. The van der Waals surface area contributed by atoms with E-state index < -0.39 is 0 Å². The Morgan fingerprint density at radius 2 is 2.38 bits per heavy atom. The van der Waals surface area contributed by atoms with Gasteiger partial charge in [0.15, 0.2) is 0 Å². The maximum atomic E-state index is 6.56. The van der Waals surface area contributed by atoms with E-state index in [-0.39, 0.29) is 6.04 Å². The van der Waals surface area contributed by atoms with Crippen LogP contribution in [0.5, 0.6) is 0 Å². The molecule has 2 atom stereocenters. The fraction of sp³-hybridized carbons (Fsp3) is 0.562. The van der Waals surface area contributed by atoms with Crippen molar-refractivity contribution in [2.45, 2.75) is 58.0 Å². The van der Waals surface area contributed by atoms with Crippen LogP contribution in [0.15, 0.2) is 11.4 Å². The minimum atomic E-state index is 0.109. The fourth-order valence-corrected chi connectivity index (χ4v) is 4.61. The average molecular weight is 324 g/mol. The van der Waals surface area contributed by atoms with Crippen LogP contribution >= 0.6 is 22.9 Å². The molecule has 2 heterocycles. The zero-order chi connectivity index (χ0) is 15.0. The molecular weight excluding hydrogens is 302 g/mol. The van der Waals surface area contributed by atoms with Crippen molar-refractivity contribution in [1.82, 2.24) is 9.78 Å². The molecule has 2 N–H and O–H groups in total. The van der Waals surface area contributed by atoms with Gasteiger partial charge >= 0.3 is 0 Å². The summed E-state index contributed by atoms with van der Waals surface area (Å²) in [5.74, 6) is 0.455. The molecule has 114 valence electrons. The quantitative estimate of drug-likeness (QED) is 0.926. The van der Waals surface area contributed by atoms with Crippen molar-refractivity contribution in [3.8, 4) is 0 Å². The maximum Gasteiger partial charge on any atom is 0.0847 e. The van der Waals surface area contributed by atoms with Crippen LogP contribution in [0.25, 0.3) is 0 Å². The fourth-order valence-electron chi connectivity index (χ4n) is 3.40. The molecule has 0 aromatic carbocycles. The van der Waals surface area contributed by atoms with Gasteiger partial charge < -0.3 is 5.73 Å². The average Bonchev–Trinajstić information content (AvgIpc) is 3.06. The molecule has 1 aliphatic rings. The number of nitrogens with zero attached hydrogens (tertiary/aromatic N) is 2. The summed E-state index contributed by atoms with van der Waals surface area (Å²) < 4.78 is 1.99. The van der Waals surface area contributed by atoms with Crippen molar-refractivity contribution in [3.05, 3.63) is 38.3 Å². The number of aromatic nitrogens is 2. The van der Waals surface area contributed by atoms with Crippen LogP contribution in [0.1, 0.15) is 47.5 Å². The minimum absolute atomic E-state index is 0.109. The van der Waals surface area contributed by atoms with Gasteiger partial charge in [0, 0.05) is 29.8 Å². The Balaban J connectivity index is 1.84. The lowest BCUT2D eigenvalue weighted by molar-refractivity contribution is 0.451. The second kappa shape index (κ2) is 6.11. The van der Waals surface area contributed by atoms with Gasteiger partial charge in [0.2, 0.25) is 0 Å². The topological polar surface area (TPSA) is 43.8 Å². The van der Waals surface area contributed by atoms with Crippen LogP contribution in [0.2, 0.25) is 5.02 Å². The molecule has 0 spiro atoms. The van der Waals surface area contributed by atoms with Gasteiger partial charge in [-0.15, -0.1) is 11.3 Å². The third-order valence-electron chi connectivity index (χ3n) is 4.50. The highest BCUT2D eigenvalue weighted by Crippen LogP contribution is 2.37. The largest absolute Gasteiger partial charge is 0.327 e. The van der Waals surface area contributed by atoms with Crippen molar-refractivity contribution in [2.24, 2.45) is 5.73 Å². The van der Waals surface area contributed by atoms with E-state index in [1.54, 1.807) is 0 Å². The highest BCUT2D eigenvalue weighted by molar-refractivity contribution is 7.10. The lowest BCUT2D eigenvalue weighted by atomic mass is 9.81. The Kier molecular flexibility index (Phi) is 4.38. The van der Waals surface area contributed by atoms with Gasteiger partial charge in [-0.2, -0.15) is 5.10 Å². The van der Waals surface area contributed by atoms with Gasteiger partial charge in [-0.1, -0.05) is 11.6 Å². The molecule has 0 saturated carbocycles. The van der Waals surface area contributed by atoms with Gasteiger partial charge in [-0.25, -0.2) is 0 Å². The maximum absolute atomic E-state index is 6.56. The number of hydrogen-bond acceptors (Lipinski definition) is 3. The second-order valence-corrected chi connectivity index (χ2v) is 7.21. The lowest BCUT2D eigenvalue weighted by Crippen LogP contribution is -2.33. The first kappa shape index (κ1) is 15.1. The molecule has 3 nitrogen and oxygen atoms in total. The standard InChI is InChI=1S/C16H22ClN3S/c1-3-20-14(16(17)10(2)19-20)9-13(18)11-5-4-6-15-12(11)7-8-21-15/h7-8,11,13H,3-6,9,18H2,1-2H3. The first-order valence-corrected chi connectivity index (χ1v) is 8.91. The molecule has 3 rings (SSSR count). The molecule has 0 bridgehead atoms. The highest BCUT2D eigenvalue weighted by Gasteiger charge is 2.28. The van der Waals surface area contributed by atoms with Crippen LogP contribution in [0.3, 0.4) is 0 Å². The van der Waals surface area contributed by atoms with E-state index in [4.69, 9.17) is 17.3 Å². The summed E-state index contributed by atoms with van der Waals surface area (Å²) in [6.45, 7) is 4.89. The van der Waals surface area contributed by atoms with E-state index >= 15 is 0 Å². The number of rotatable bonds is 4. The smallest absolute Gasteiger partial charge is 0.0847 e. The summed E-state index contributed by atoms with van der Waals surface area (Å²) in [5.41, 5.74) is 10.0. The first-order valence-electron chi connectivity index (χ1n) is 7.65. The van der Waals surface area contributed by atoms with Gasteiger partial charge in [0.05, 0.1) is 16.4 Å². The Hall–Kier alpha value is -0.840. The SMILES string of the molecule is CCn1nc(C)c(Cl)c1CC(N)C1CCCc2sccc21. The molecule has 0 aliphatic heterocycles. The Labute approximate surface area is 135 Å². The minimum Gasteiger partial charge on any atom is -0.327 e. The van der Waals surface area contributed by atoms with Gasteiger partial charge in [0.25, 0.3) is 0 Å². The van der Waals surface area contributed by atoms with Crippen LogP contribution in [0, 0.1) is 6.92 Å². The van der Waals surface area contributed by atoms with E-state index in [1.165, 1.54) is 29.7 Å². The Morgan fingerprint density at radius 1 is 1.57 bits per heavy atom. The molecule has 2 aromatic heterocycles. The molecule has 0 amide bonds. The van der Waals surface area contributed by atoms with E-state index in [0.717, 1.165) is 29.4 Å². The van der Waals surface area contributed by atoms with Crippen molar-refractivity contribution >= 4 is 22.9 Å². The summed E-state index contributed by atoms with van der Waals surface area (Å²) in [5, 5.41) is 7.48. The van der Waals surface area contributed by atoms with E-state index in [9.17, 15) is 0 Å². The predicted octanol–water partition coefficient (Wildman–Crippen LogP) is 3.92. The zero-order valence-corrected chi connectivity index (χ0v) is 14.2. The molecule has 2 unspecified atom stereocenters. The lowest BCUT2D eigenvalue weighted by Gasteiger charge is -2.28. The summed E-state index contributed by atoms with van der Waals surface area (Å²) in [6, 6.07) is 2.37. The molecule has 1 aliphatic carbocycles. The molecule has 2 aromatic rings. The first-order chi connectivity index (χ1) is 10.1. The van der Waals surface area contributed by atoms with Crippen molar-refractivity contribution in [1.29, 1.82) is 0 Å². The number of nitrogens with two attached hydrogens (primary N) is 1. The summed E-state index contributed by atoms with van der Waals surface area (Å²) in [7, 11) is 0. The van der Waals surface area contributed by atoms with Gasteiger partial charge in [-0.3, -0.25) is 4.68 Å². The van der Waals surface area contributed by atoms with E-state index in [1.807, 2.05) is 22.9 Å². The van der Waals surface area contributed by atoms with E-state index in [0.29, 0.717) is 5.92 Å². The molecule has 0 radical (unpaired) electrons. The van der Waals surface area contributed by atoms with Crippen LogP contribution in [-0.4, -0.2) is 15.8 Å². The van der Waals surface area contributed by atoms with Crippen molar-refractivity contribution in [2.75, 3.05) is 0 Å². The second-order valence-electron chi connectivity index (χ2n) is 5.83. The monoisotopic (exact) mass is 323 g/mol. The third-order valence-corrected chi connectivity index (χ3v) is 5.99.